The second kappa shape index (κ2) is 7.59. The summed E-state index contributed by atoms with van der Waals surface area (Å²) in [6, 6.07) is 5.34. The van der Waals surface area contributed by atoms with Crippen LogP contribution < -0.4 is 5.32 Å². The second-order valence-electron chi connectivity index (χ2n) is 5.26. The molecule has 0 saturated carbocycles. The van der Waals surface area contributed by atoms with Gasteiger partial charge < -0.3 is 5.32 Å². The van der Waals surface area contributed by atoms with Crippen molar-refractivity contribution < 1.29 is 4.79 Å². The van der Waals surface area contributed by atoms with Crippen LogP contribution in [0.2, 0.25) is 10.0 Å². The van der Waals surface area contributed by atoms with Gasteiger partial charge in [-0.1, -0.05) is 29.3 Å². The standard InChI is InChI=1S/C16H14BrCl2N5O/c1-2-23-9-12(17)15(22-23)16(25)21-10-6-20-24(7-10)8-11-13(18)4-3-5-14(11)19/h3-7,9H,2,8H2,1H3,(H,21,25). The molecule has 6 nitrogen and oxygen atoms in total. The first-order chi connectivity index (χ1) is 12.0. The fourth-order valence-electron chi connectivity index (χ4n) is 2.26. The highest BCUT2D eigenvalue weighted by molar-refractivity contribution is 9.10. The highest BCUT2D eigenvalue weighted by Gasteiger charge is 2.16. The summed E-state index contributed by atoms with van der Waals surface area (Å²) in [6.45, 7) is 3.04. The zero-order valence-electron chi connectivity index (χ0n) is 13.2. The monoisotopic (exact) mass is 441 g/mol. The van der Waals surface area contributed by atoms with Crippen LogP contribution in [0.4, 0.5) is 5.69 Å². The van der Waals surface area contributed by atoms with Crippen molar-refractivity contribution in [3.8, 4) is 0 Å². The third-order valence-corrected chi connectivity index (χ3v) is 4.82. The van der Waals surface area contributed by atoms with Crippen molar-refractivity contribution in [3.05, 3.63) is 62.6 Å². The molecule has 0 spiro atoms. The van der Waals surface area contributed by atoms with Crippen molar-refractivity contribution >= 4 is 50.7 Å². The number of anilines is 1. The maximum Gasteiger partial charge on any atom is 0.277 e. The predicted octanol–water partition coefficient (Wildman–Crippen LogP) is 4.47. The van der Waals surface area contributed by atoms with Crippen LogP contribution >= 0.6 is 39.1 Å². The highest BCUT2D eigenvalue weighted by atomic mass is 79.9. The lowest BCUT2D eigenvalue weighted by molar-refractivity contribution is 0.102. The Labute approximate surface area is 162 Å². The maximum absolute atomic E-state index is 12.3. The number of benzene rings is 1. The van der Waals surface area contributed by atoms with Crippen molar-refractivity contribution in [1.29, 1.82) is 0 Å². The summed E-state index contributed by atoms with van der Waals surface area (Å²) in [6.07, 6.45) is 5.04. The number of nitrogens with one attached hydrogen (secondary N) is 1. The van der Waals surface area contributed by atoms with Crippen LogP contribution in [0.25, 0.3) is 0 Å². The Kier molecular flexibility index (Phi) is 5.46. The second-order valence-corrected chi connectivity index (χ2v) is 6.93. The number of hydrogen-bond donors (Lipinski definition) is 1. The zero-order valence-corrected chi connectivity index (χ0v) is 16.3. The molecule has 0 aliphatic rings. The minimum atomic E-state index is -0.311. The first-order valence-corrected chi connectivity index (χ1v) is 9.02. The molecule has 2 aromatic heterocycles. The molecule has 3 rings (SSSR count). The van der Waals surface area contributed by atoms with Crippen LogP contribution in [0.3, 0.4) is 0 Å². The summed E-state index contributed by atoms with van der Waals surface area (Å²) in [5.41, 5.74) is 1.66. The van der Waals surface area contributed by atoms with E-state index in [0.29, 0.717) is 39.0 Å². The predicted molar refractivity (Wildman–Crippen MR) is 101 cm³/mol. The Morgan fingerprint density at radius 1 is 1.24 bits per heavy atom. The SMILES string of the molecule is CCn1cc(Br)c(C(=O)Nc2cnn(Cc3c(Cl)cccc3Cl)c2)n1. The van der Waals surface area contributed by atoms with Crippen molar-refractivity contribution in [2.45, 2.75) is 20.0 Å². The molecule has 9 heteroatoms. The molecule has 130 valence electrons. The lowest BCUT2D eigenvalue weighted by Gasteiger charge is -2.06. The zero-order chi connectivity index (χ0) is 18.0. The van der Waals surface area contributed by atoms with Gasteiger partial charge in [0.25, 0.3) is 5.91 Å². The topological polar surface area (TPSA) is 64.7 Å². The number of carbonyl (C=O) groups excluding carboxylic acids is 1. The lowest BCUT2D eigenvalue weighted by atomic mass is 10.2. The molecule has 0 saturated heterocycles. The minimum Gasteiger partial charge on any atom is -0.318 e. The Balaban J connectivity index is 1.73. The summed E-state index contributed by atoms with van der Waals surface area (Å²) in [5.74, 6) is -0.311. The van der Waals surface area contributed by atoms with Gasteiger partial charge in [0, 0.05) is 34.5 Å². The van der Waals surface area contributed by atoms with Crippen LogP contribution in [-0.2, 0) is 13.1 Å². The molecule has 1 amide bonds. The largest absolute Gasteiger partial charge is 0.318 e. The average Bonchev–Trinajstić information content (AvgIpc) is 3.17. The molecule has 3 aromatic rings. The van der Waals surface area contributed by atoms with Crippen LogP contribution in [0, 0.1) is 0 Å². The molecule has 2 heterocycles. The molecule has 1 N–H and O–H groups in total. The van der Waals surface area contributed by atoms with Gasteiger partial charge >= 0.3 is 0 Å². The average molecular weight is 443 g/mol. The Hall–Kier alpha value is -1.83. The fourth-order valence-corrected chi connectivity index (χ4v) is 3.28. The molecule has 0 aliphatic carbocycles. The molecular formula is C16H14BrCl2N5O. The van der Waals surface area contributed by atoms with Gasteiger partial charge in [-0.2, -0.15) is 10.2 Å². The molecule has 0 bridgehead atoms. The molecule has 0 aliphatic heterocycles. The fraction of sp³-hybridized carbons (Fsp3) is 0.188. The van der Waals surface area contributed by atoms with Gasteiger partial charge in [-0.3, -0.25) is 14.2 Å². The van der Waals surface area contributed by atoms with E-state index in [9.17, 15) is 4.79 Å². The van der Waals surface area contributed by atoms with E-state index in [0.717, 1.165) is 5.56 Å². The summed E-state index contributed by atoms with van der Waals surface area (Å²) in [7, 11) is 0. The number of amides is 1. The first kappa shape index (κ1) is 18.0. The van der Waals surface area contributed by atoms with E-state index >= 15 is 0 Å². The van der Waals surface area contributed by atoms with Gasteiger partial charge in [0.2, 0.25) is 0 Å². The van der Waals surface area contributed by atoms with Gasteiger partial charge in [0.15, 0.2) is 5.69 Å². The van der Waals surface area contributed by atoms with Gasteiger partial charge in [0.05, 0.1) is 22.9 Å². The molecule has 0 atom stereocenters. The van der Waals surface area contributed by atoms with E-state index in [1.54, 1.807) is 46.2 Å². The minimum absolute atomic E-state index is 0.311. The maximum atomic E-state index is 12.3. The summed E-state index contributed by atoms with van der Waals surface area (Å²) in [4.78, 5) is 12.3. The van der Waals surface area contributed by atoms with E-state index in [1.807, 2.05) is 6.92 Å². The van der Waals surface area contributed by atoms with E-state index in [-0.39, 0.29) is 5.91 Å². The van der Waals surface area contributed by atoms with Gasteiger partial charge in [-0.05, 0) is 35.0 Å². The Morgan fingerprint density at radius 2 is 1.96 bits per heavy atom. The number of hydrogen-bond acceptors (Lipinski definition) is 3. The molecule has 1 aromatic carbocycles. The summed E-state index contributed by atoms with van der Waals surface area (Å²) in [5, 5.41) is 12.4. The smallest absolute Gasteiger partial charge is 0.277 e. The van der Waals surface area contributed by atoms with Gasteiger partial charge in [0.1, 0.15) is 0 Å². The number of aromatic nitrogens is 4. The quantitative estimate of drug-likeness (QED) is 0.633. The van der Waals surface area contributed by atoms with Crippen LogP contribution in [0.15, 0.2) is 41.3 Å². The van der Waals surface area contributed by atoms with Crippen molar-refractivity contribution in [1.82, 2.24) is 19.6 Å². The Morgan fingerprint density at radius 3 is 2.60 bits per heavy atom. The van der Waals surface area contributed by atoms with Crippen molar-refractivity contribution in [2.24, 2.45) is 0 Å². The van der Waals surface area contributed by atoms with E-state index in [1.165, 1.54) is 0 Å². The number of rotatable bonds is 5. The van der Waals surface area contributed by atoms with Crippen LogP contribution in [0.1, 0.15) is 23.0 Å². The number of halogens is 3. The summed E-state index contributed by atoms with van der Waals surface area (Å²) >= 11 is 15.7. The number of nitrogens with zero attached hydrogens (tertiary/aromatic N) is 4. The number of aryl methyl sites for hydroxylation is 1. The van der Waals surface area contributed by atoms with Crippen molar-refractivity contribution in [3.63, 3.8) is 0 Å². The van der Waals surface area contributed by atoms with Gasteiger partial charge in [-0.15, -0.1) is 0 Å². The molecule has 0 unspecified atom stereocenters. The third-order valence-electron chi connectivity index (χ3n) is 3.53. The van der Waals surface area contributed by atoms with E-state index < -0.39 is 0 Å². The van der Waals surface area contributed by atoms with Crippen LogP contribution in [-0.4, -0.2) is 25.5 Å². The van der Waals surface area contributed by atoms with E-state index in [2.05, 4.69) is 31.4 Å². The van der Waals surface area contributed by atoms with E-state index in [4.69, 9.17) is 23.2 Å². The molecular weight excluding hydrogens is 429 g/mol. The third kappa shape index (κ3) is 4.05. The molecule has 0 radical (unpaired) electrons. The van der Waals surface area contributed by atoms with Crippen molar-refractivity contribution in [2.75, 3.05) is 5.32 Å². The Bertz CT molecular complexity index is 901. The highest BCUT2D eigenvalue weighted by Crippen LogP contribution is 2.25. The summed E-state index contributed by atoms with van der Waals surface area (Å²) < 4.78 is 3.98. The lowest BCUT2D eigenvalue weighted by Crippen LogP contribution is -2.13. The molecule has 25 heavy (non-hydrogen) atoms. The van der Waals surface area contributed by atoms with Crippen LogP contribution in [0.5, 0.6) is 0 Å². The normalized spacial score (nSPS) is 10.9. The number of carbonyl (C=O) groups is 1. The first-order valence-electron chi connectivity index (χ1n) is 7.47. The molecule has 0 fully saturated rings. The van der Waals surface area contributed by atoms with Gasteiger partial charge in [-0.25, -0.2) is 0 Å².